The Morgan fingerprint density at radius 1 is 1.18 bits per heavy atom. The molecule has 0 N–H and O–H groups in total. The average Bonchev–Trinajstić information content (AvgIpc) is 2.38. The molecule has 1 aliphatic heterocycles. The fourth-order valence-electron chi connectivity index (χ4n) is 1.77. The number of rotatable bonds is 3. The van der Waals surface area contributed by atoms with E-state index in [1.165, 1.54) is 5.69 Å². The van der Waals surface area contributed by atoms with Crippen LogP contribution in [0.1, 0.15) is 5.56 Å². The molecule has 0 saturated carbocycles. The van der Waals surface area contributed by atoms with Crippen LogP contribution in [-0.2, 0) is 4.74 Å². The van der Waals surface area contributed by atoms with Crippen LogP contribution in [0.5, 0.6) is 0 Å². The molecule has 0 unspecified atom stereocenters. The Bertz CT molecular complexity index is 367. The summed E-state index contributed by atoms with van der Waals surface area (Å²) in [6.45, 7) is 3.60. The van der Waals surface area contributed by atoms with E-state index in [9.17, 15) is 0 Å². The van der Waals surface area contributed by atoms with Gasteiger partial charge in [0, 0.05) is 32.9 Å². The van der Waals surface area contributed by atoms with Gasteiger partial charge in [0.05, 0.1) is 19.4 Å². The molecule has 1 aliphatic rings. The third kappa shape index (κ3) is 3.46. The van der Waals surface area contributed by atoms with Crippen molar-refractivity contribution in [3.05, 3.63) is 29.8 Å². The molecular formula is C13H19N3O. The van der Waals surface area contributed by atoms with Crippen molar-refractivity contribution in [2.45, 2.75) is 0 Å². The maximum Gasteiger partial charge on any atom is 0.0642 e. The smallest absolute Gasteiger partial charge is 0.0642 e. The minimum absolute atomic E-state index is 0.823. The Morgan fingerprint density at radius 2 is 1.82 bits per heavy atom. The van der Waals surface area contributed by atoms with Crippen LogP contribution in [0.4, 0.5) is 5.69 Å². The third-order valence-corrected chi connectivity index (χ3v) is 2.71. The number of benzene rings is 1. The van der Waals surface area contributed by atoms with E-state index in [1.54, 1.807) is 5.01 Å². The van der Waals surface area contributed by atoms with Crippen molar-refractivity contribution in [2.24, 2.45) is 5.10 Å². The summed E-state index contributed by atoms with van der Waals surface area (Å²) in [4.78, 5) is 2.34. The highest BCUT2D eigenvalue weighted by atomic mass is 16.5. The van der Waals surface area contributed by atoms with Gasteiger partial charge < -0.3 is 14.6 Å². The van der Waals surface area contributed by atoms with E-state index in [4.69, 9.17) is 4.74 Å². The normalized spacial score (nSPS) is 16.5. The molecule has 2 rings (SSSR count). The highest BCUT2D eigenvalue weighted by molar-refractivity contribution is 5.80. The number of hydrogen-bond donors (Lipinski definition) is 0. The van der Waals surface area contributed by atoms with Gasteiger partial charge in [-0.3, -0.25) is 0 Å². The van der Waals surface area contributed by atoms with Crippen LogP contribution in [-0.4, -0.2) is 51.6 Å². The van der Waals surface area contributed by atoms with Crippen LogP contribution in [0.2, 0.25) is 0 Å². The van der Waals surface area contributed by atoms with Gasteiger partial charge in [0.25, 0.3) is 0 Å². The quantitative estimate of drug-likeness (QED) is 0.584. The van der Waals surface area contributed by atoms with Crippen LogP contribution >= 0.6 is 0 Å². The first kappa shape index (κ1) is 11.9. The zero-order valence-corrected chi connectivity index (χ0v) is 10.5. The van der Waals surface area contributed by atoms with Crippen molar-refractivity contribution < 1.29 is 4.74 Å². The van der Waals surface area contributed by atoms with Crippen molar-refractivity contribution in [3.63, 3.8) is 0 Å². The molecule has 0 bridgehead atoms. The second-order valence-corrected chi connectivity index (χ2v) is 4.28. The fourth-order valence-corrected chi connectivity index (χ4v) is 1.77. The summed E-state index contributed by atoms with van der Waals surface area (Å²) in [7, 11) is 3.83. The van der Waals surface area contributed by atoms with Gasteiger partial charge >= 0.3 is 0 Å². The first-order valence-corrected chi connectivity index (χ1v) is 5.90. The van der Waals surface area contributed by atoms with Gasteiger partial charge in [-0.05, 0) is 17.7 Å². The van der Waals surface area contributed by atoms with Gasteiger partial charge in [-0.2, -0.15) is 5.10 Å². The Labute approximate surface area is 102 Å². The van der Waals surface area contributed by atoms with Crippen LogP contribution in [0.15, 0.2) is 29.4 Å². The number of morpholine rings is 1. The van der Waals surface area contributed by atoms with E-state index < -0.39 is 0 Å². The van der Waals surface area contributed by atoms with Crippen LogP contribution in [0.3, 0.4) is 0 Å². The first-order chi connectivity index (χ1) is 8.25. The van der Waals surface area contributed by atoms with Crippen molar-refractivity contribution in [1.82, 2.24) is 5.01 Å². The summed E-state index contributed by atoms with van der Waals surface area (Å²) in [5.41, 5.74) is 2.38. The van der Waals surface area contributed by atoms with Gasteiger partial charge in [0.1, 0.15) is 0 Å². The molecular weight excluding hydrogens is 214 g/mol. The fraction of sp³-hybridized carbons (Fsp3) is 0.462. The summed E-state index contributed by atoms with van der Waals surface area (Å²) in [5.74, 6) is 0. The third-order valence-electron chi connectivity index (χ3n) is 2.71. The predicted octanol–water partition coefficient (Wildman–Crippen LogP) is 1.42. The molecule has 0 atom stereocenters. The van der Waals surface area contributed by atoms with E-state index in [0.29, 0.717) is 0 Å². The summed E-state index contributed by atoms with van der Waals surface area (Å²) in [5, 5.41) is 6.00. The van der Waals surface area contributed by atoms with Crippen molar-refractivity contribution >= 4 is 11.9 Å². The van der Waals surface area contributed by atoms with Crippen molar-refractivity contribution in [1.29, 1.82) is 0 Å². The Morgan fingerprint density at radius 3 is 2.41 bits per heavy atom. The molecule has 1 fully saturated rings. The summed E-state index contributed by atoms with van der Waals surface area (Å²) in [6, 6.07) is 8.47. The first-order valence-electron chi connectivity index (χ1n) is 5.90. The standard InChI is InChI=1S/C13H19N3O/c1-15(2)14-11-12-3-5-13(6-4-12)16-7-9-17-10-8-16/h3-6,11H,7-10H2,1-2H3/b14-11+. The lowest BCUT2D eigenvalue weighted by atomic mass is 10.2. The molecule has 0 aromatic heterocycles. The van der Waals surface area contributed by atoms with Gasteiger partial charge in [-0.15, -0.1) is 0 Å². The zero-order chi connectivity index (χ0) is 12.1. The topological polar surface area (TPSA) is 28.1 Å². The maximum atomic E-state index is 5.34. The lowest BCUT2D eigenvalue weighted by Gasteiger charge is -2.28. The molecule has 0 spiro atoms. The molecule has 4 nitrogen and oxygen atoms in total. The van der Waals surface area contributed by atoms with Crippen LogP contribution < -0.4 is 4.90 Å². The van der Waals surface area contributed by atoms with Gasteiger partial charge in [-0.25, -0.2) is 0 Å². The van der Waals surface area contributed by atoms with Crippen LogP contribution in [0.25, 0.3) is 0 Å². The number of hydrogen-bond acceptors (Lipinski definition) is 4. The SMILES string of the molecule is CN(C)/N=C/c1ccc(N2CCOCC2)cc1. The van der Waals surface area contributed by atoms with Crippen molar-refractivity contribution in [3.8, 4) is 0 Å². The molecule has 0 aliphatic carbocycles. The Hall–Kier alpha value is -1.55. The summed E-state index contributed by atoms with van der Waals surface area (Å²) >= 11 is 0. The largest absolute Gasteiger partial charge is 0.378 e. The Kier molecular flexibility index (Phi) is 3.98. The Balaban J connectivity index is 2.01. The maximum absolute atomic E-state index is 5.34. The number of anilines is 1. The minimum Gasteiger partial charge on any atom is -0.378 e. The molecule has 0 radical (unpaired) electrons. The molecule has 1 aromatic rings. The molecule has 17 heavy (non-hydrogen) atoms. The van der Waals surface area contributed by atoms with Crippen LogP contribution in [0, 0.1) is 0 Å². The van der Waals surface area contributed by atoms with E-state index in [-0.39, 0.29) is 0 Å². The molecule has 0 amide bonds. The average molecular weight is 233 g/mol. The zero-order valence-electron chi connectivity index (χ0n) is 10.5. The molecule has 1 saturated heterocycles. The predicted molar refractivity (Wildman–Crippen MR) is 70.8 cm³/mol. The van der Waals surface area contributed by atoms with E-state index in [1.807, 2.05) is 20.3 Å². The molecule has 1 heterocycles. The second kappa shape index (κ2) is 5.68. The number of ether oxygens (including phenoxy) is 1. The summed E-state index contributed by atoms with van der Waals surface area (Å²) < 4.78 is 5.34. The number of nitrogens with zero attached hydrogens (tertiary/aromatic N) is 3. The van der Waals surface area contributed by atoms with E-state index in [2.05, 4.69) is 34.3 Å². The van der Waals surface area contributed by atoms with Crippen molar-refractivity contribution in [2.75, 3.05) is 45.3 Å². The second-order valence-electron chi connectivity index (χ2n) is 4.28. The highest BCUT2D eigenvalue weighted by Crippen LogP contribution is 2.15. The monoisotopic (exact) mass is 233 g/mol. The van der Waals surface area contributed by atoms with Gasteiger partial charge in [0.2, 0.25) is 0 Å². The molecule has 92 valence electrons. The van der Waals surface area contributed by atoms with Gasteiger partial charge in [0.15, 0.2) is 0 Å². The molecule has 4 heteroatoms. The van der Waals surface area contributed by atoms with E-state index in [0.717, 1.165) is 31.9 Å². The van der Waals surface area contributed by atoms with Gasteiger partial charge in [-0.1, -0.05) is 12.1 Å². The lowest BCUT2D eigenvalue weighted by Crippen LogP contribution is -2.36. The lowest BCUT2D eigenvalue weighted by molar-refractivity contribution is 0.122. The highest BCUT2D eigenvalue weighted by Gasteiger charge is 2.10. The number of hydrazone groups is 1. The van der Waals surface area contributed by atoms with E-state index >= 15 is 0 Å². The minimum atomic E-state index is 0.823. The summed E-state index contributed by atoms with van der Waals surface area (Å²) in [6.07, 6.45) is 1.86. The molecule has 1 aromatic carbocycles.